The summed E-state index contributed by atoms with van der Waals surface area (Å²) in [6, 6.07) is 0. The van der Waals surface area contributed by atoms with Crippen LogP contribution >= 0.6 is 0 Å². The van der Waals surface area contributed by atoms with Gasteiger partial charge in [-0.2, -0.15) is 4.98 Å². The highest BCUT2D eigenvalue weighted by atomic mass is 16.5. The van der Waals surface area contributed by atoms with Crippen LogP contribution in [0.5, 0.6) is 0 Å². The Morgan fingerprint density at radius 3 is 2.61 bits per heavy atom. The van der Waals surface area contributed by atoms with Crippen LogP contribution in [-0.2, 0) is 4.74 Å². The number of nitrogens with zero attached hydrogens (tertiary/aromatic N) is 4. The third kappa shape index (κ3) is 2.30. The normalized spacial score (nSPS) is 12.9. The van der Waals surface area contributed by atoms with Crippen LogP contribution in [0.2, 0.25) is 0 Å². The predicted molar refractivity (Wildman–Crippen MR) is 64.3 cm³/mol. The first-order valence-corrected chi connectivity index (χ1v) is 5.56. The predicted octanol–water partition coefficient (Wildman–Crippen LogP) is 1.45. The quantitative estimate of drug-likeness (QED) is 0.875. The summed E-state index contributed by atoms with van der Waals surface area (Å²) in [7, 11) is 1.61. The summed E-state index contributed by atoms with van der Waals surface area (Å²) in [6.07, 6.45) is 2.80. The van der Waals surface area contributed by atoms with Gasteiger partial charge < -0.3 is 15.0 Å². The molecule has 0 aliphatic carbocycles. The third-order valence-corrected chi connectivity index (χ3v) is 2.48. The van der Waals surface area contributed by atoms with E-state index in [1.54, 1.807) is 7.11 Å². The first-order chi connectivity index (χ1) is 8.63. The van der Waals surface area contributed by atoms with E-state index < -0.39 is 0 Å². The summed E-state index contributed by atoms with van der Waals surface area (Å²) in [5, 5.41) is 3.89. The lowest BCUT2D eigenvalue weighted by Crippen LogP contribution is -2.10. The Hall–Kier alpha value is -2.02. The molecule has 0 radical (unpaired) electrons. The fourth-order valence-electron chi connectivity index (χ4n) is 1.64. The van der Waals surface area contributed by atoms with Crippen LogP contribution in [0.25, 0.3) is 11.6 Å². The molecule has 0 aliphatic rings. The first kappa shape index (κ1) is 12.4. The SMILES string of the molecule is COC(c1noc(-c2nccnc2N)n1)C(C)C. The molecule has 18 heavy (non-hydrogen) atoms. The maximum Gasteiger partial charge on any atom is 0.280 e. The third-order valence-electron chi connectivity index (χ3n) is 2.48. The topological polar surface area (TPSA) is 100.0 Å². The van der Waals surface area contributed by atoms with Crippen LogP contribution in [-0.4, -0.2) is 27.2 Å². The smallest absolute Gasteiger partial charge is 0.280 e. The van der Waals surface area contributed by atoms with Gasteiger partial charge in [0.15, 0.2) is 11.5 Å². The Morgan fingerprint density at radius 2 is 2.00 bits per heavy atom. The molecule has 7 nitrogen and oxygen atoms in total. The summed E-state index contributed by atoms with van der Waals surface area (Å²) in [4.78, 5) is 12.2. The zero-order valence-corrected chi connectivity index (χ0v) is 10.5. The van der Waals surface area contributed by atoms with Gasteiger partial charge in [-0.3, -0.25) is 0 Å². The number of hydrogen-bond donors (Lipinski definition) is 1. The van der Waals surface area contributed by atoms with Crippen LogP contribution in [0, 0.1) is 5.92 Å². The van der Waals surface area contributed by atoms with E-state index in [1.165, 1.54) is 12.4 Å². The Labute approximate surface area is 104 Å². The lowest BCUT2D eigenvalue weighted by Gasteiger charge is -2.14. The molecule has 0 spiro atoms. The number of aromatic nitrogens is 4. The molecule has 0 fully saturated rings. The molecule has 2 aromatic heterocycles. The molecule has 1 atom stereocenters. The molecular formula is C11H15N5O2. The van der Waals surface area contributed by atoms with Crippen LogP contribution in [0.15, 0.2) is 16.9 Å². The van der Waals surface area contributed by atoms with Crippen molar-refractivity contribution in [2.45, 2.75) is 20.0 Å². The van der Waals surface area contributed by atoms with E-state index in [-0.39, 0.29) is 23.7 Å². The standard InChI is InChI=1S/C11H15N5O2/c1-6(2)8(17-3)10-15-11(18-16-10)7-9(12)14-5-4-13-7/h4-6,8H,1-3H3,(H2,12,14). The highest BCUT2D eigenvalue weighted by Crippen LogP contribution is 2.25. The van der Waals surface area contributed by atoms with Gasteiger partial charge in [0.05, 0.1) is 0 Å². The van der Waals surface area contributed by atoms with Gasteiger partial charge >= 0.3 is 0 Å². The van der Waals surface area contributed by atoms with Crippen LogP contribution < -0.4 is 5.73 Å². The van der Waals surface area contributed by atoms with Gasteiger partial charge in [-0.1, -0.05) is 19.0 Å². The van der Waals surface area contributed by atoms with E-state index in [0.29, 0.717) is 11.5 Å². The van der Waals surface area contributed by atoms with Gasteiger partial charge in [-0.25, -0.2) is 9.97 Å². The van der Waals surface area contributed by atoms with E-state index in [9.17, 15) is 0 Å². The number of nitrogens with two attached hydrogens (primary N) is 1. The molecule has 0 aliphatic heterocycles. The second kappa shape index (κ2) is 5.09. The highest BCUT2D eigenvalue weighted by Gasteiger charge is 2.23. The maximum atomic E-state index is 5.70. The van der Waals surface area contributed by atoms with Gasteiger partial charge in [0.25, 0.3) is 5.89 Å². The van der Waals surface area contributed by atoms with Crippen LogP contribution in [0.3, 0.4) is 0 Å². The van der Waals surface area contributed by atoms with Crippen LogP contribution in [0.4, 0.5) is 5.82 Å². The summed E-state index contributed by atoms with van der Waals surface area (Å²) in [6.45, 7) is 4.03. The average molecular weight is 249 g/mol. The molecule has 2 N–H and O–H groups in total. The summed E-state index contributed by atoms with van der Waals surface area (Å²) in [5.74, 6) is 1.22. The molecule has 2 heterocycles. The number of rotatable bonds is 4. The minimum Gasteiger partial charge on any atom is -0.382 e. The molecule has 7 heteroatoms. The van der Waals surface area contributed by atoms with E-state index >= 15 is 0 Å². The second-order valence-corrected chi connectivity index (χ2v) is 4.15. The molecule has 96 valence electrons. The molecule has 1 unspecified atom stereocenters. The van der Waals surface area contributed by atoms with Crippen molar-refractivity contribution in [2.75, 3.05) is 12.8 Å². The van der Waals surface area contributed by atoms with E-state index in [1.807, 2.05) is 13.8 Å². The second-order valence-electron chi connectivity index (χ2n) is 4.15. The average Bonchev–Trinajstić information content (AvgIpc) is 2.79. The Morgan fingerprint density at radius 1 is 1.28 bits per heavy atom. The molecule has 0 bridgehead atoms. The van der Waals surface area contributed by atoms with Crippen molar-refractivity contribution in [3.8, 4) is 11.6 Å². The first-order valence-electron chi connectivity index (χ1n) is 5.56. The van der Waals surface area contributed by atoms with Gasteiger partial charge in [0.1, 0.15) is 6.10 Å². The molecule has 0 amide bonds. The molecule has 0 saturated heterocycles. The lowest BCUT2D eigenvalue weighted by molar-refractivity contribution is 0.0556. The summed E-state index contributed by atoms with van der Waals surface area (Å²) >= 11 is 0. The zero-order valence-electron chi connectivity index (χ0n) is 10.5. The van der Waals surface area contributed by atoms with Crippen molar-refractivity contribution >= 4 is 5.82 Å². The zero-order chi connectivity index (χ0) is 13.1. The van der Waals surface area contributed by atoms with Gasteiger partial charge in [-0.15, -0.1) is 0 Å². The summed E-state index contributed by atoms with van der Waals surface area (Å²) < 4.78 is 10.5. The van der Waals surface area contributed by atoms with Crippen molar-refractivity contribution in [1.29, 1.82) is 0 Å². The Balaban J connectivity index is 2.34. The minimum absolute atomic E-state index is 0.222. The number of anilines is 1. The maximum absolute atomic E-state index is 5.70. The molecule has 2 aromatic rings. The van der Waals surface area contributed by atoms with Crippen molar-refractivity contribution in [2.24, 2.45) is 5.92 Å². The van der Waals surface area contributed by atoms with Crippen molar-refractivity contribution in [1.82, 2.24) is 20.1 Å². The number of ether oxygens (including phenoxy) is 1. The Bertz CT molecular complexity index is 526. The molecular weight excluding hydrogens is 234 g/mol. The van der Waals surface area contributed by atoms with Crippen LogP contribution in [0.1, 0.15) is 25.8 Å². The minimum atomic E-state index is -0.222. The van der Waals surface area contributed by atoms with E-state index in [2.05, 4.69) is 20.1 Å². The number of hydrogen-bond acceptors (Lipinski definition) is 7. The van der Waals surface area contributed by atoms with Crippen molar-refractivity contribution in [3.63, 3.8) is 0 Å². The fourth-order valence-corrected chi connectivity index (χ4v) is 1.64. The highest BCUT2D eigenvalue weighted by molar-refractivity contribution is 5.61. The number of nitrogen functional groups attached to an aromatic ring is 1. The van der Waals surface area contributed by atoms with Gasteiger partial charge in [0, 0.05) is 19.5 Å². The van der Waals surface area contributed by atoms with Gasteiger partial charge in [-0.05, 0) is 5.92 Å². The van der Waals surface area contributed by atoms with E-state index in [0.717, 1.165) is 0 Å². The summed E-state index contributed by atoms with van der Waals surface area (Å²) in [5.41, 5.74) is 6.08. The molecule has 2 rings (SSSR count). The monoisotopic (exact) mass is 249 g/mol. The molecule has 0 saturated carbocycles. The lowest BCUT2D eigenvalue weighted by atomic mass is 10.1. The van der Waals surface area contributed by atoms with E-state index in [4.69, 9.17) is 15.0 Å². The van der Waals surface area contributed by atoms with Crippen molar-refractivity contribution in [3.05, 3.63) is 18.2 Å². The fraction of sp³-hybridized carbons (Fsp3) is 0.455. The molecule has 0 aromatic carbocycles. The number of methoxy groups -OCH3 is 1. The van der Waals surface area contributed by atoms with Crippen molar-refractivity contribution < 1.29 is 9.26 Å². The Kier molecular flexibility index (Phi) is 3.52. The van der Waals surface area contributed by atoms with Gasteiger partial charge in [0.2, 0.25) is 5.82 Å². The largest absolute Gasteiger partial charge is 0.382 e.